The molecule has 0 saturated heterocycles. The third-order valence-electron chi connectivity index (χ3n) is 4.47. The lowest BCUT2D eigenvalue weighted by atomic mass is 10.1. The second-order valence-corrected chi connectivity index (χ2v) is 7.15. The molecular weight excluding hydrogens is 384 g/mol. The third-order valence-corrected chi connectivity index (χ3v) is 4.87. The number of amides is 1. The van der Waals surface area contributed by atoms with Crippen LogP contribution in [0, 0.1) is 25.2 Å². The number of hydrogen-bond acceptors (Lipinski definition) is 3. The lowest BCUT2D eigenvalue weighted by Gasteiger charge is -2.04. The van der Waals surface area contributed by atoms with E-state index in [9.17, 15) is 4.79 Å². The summed E-state index contributed by atoms with van der Waals surface area (Å²) in [6.45, 7) is 4.47. The zero-order chi connectivity index (χ0) is 20.8. The number of rotatable bonds is 6. The Balaban J connectivity index is 1.68. The number of carbonyl (C=O) groups excluding carboxylic acids is 1. The molecule has 0 spiro atoms. The Hall–Kier alpha value is -3.36. The van der Waals surface area contributed by atoms with Crippen LogP contribution in [0.15, 0.2) is 54.6 Å². The number of aromatic nitrogens is 2. The first-order chi connectivity index (χ1) is 14.0. The highest BCUT2D eigenvalue weighted by Gasteiger charge is 2.12. The second-order valence-electron chi connectivity index (χ2n) is 6.79. The van der Waals surface area contributed by atoms with Crippen LogP contribution < -0.4 is 5.32 Å². The molecule has 6 heteroatoms. The molecule has 0 radical (unpaired) electrons. The van der Waals surface area contributed by atoms with Gasteiger partial charge in [-0.3, -0.25) is 4.79 Å². The monoisotopic (exact) mass is 404 g/mol. The standard InChI is InChI=1S/C23H21ClN4O/c1-16-3-5-19(6-4-16)15-28-23(24)21(17(2)27-28)11-12-22(29)26-20-9-7-18(8-10-20)13-14-25/h3-12H,13,15H2,1-2H3,(H,26,29)/b12-11-. The molecule has 1 N–H and O–H groups in total. The first kappa shape index (κ1) is 20.4. The average molecular weight is 405 g/mol. The van der Waals surface area contributed by atoms with Gasteiger partial charge in [0.2, 0.25) is 5.91 Å². The van der Waals surface area contributed by atoms with E-state index in [0.717, 1.165) is 22.4 Å². The Kier molecular flexibility index (Phi) is 6.48. The van der Waals surface area contributed by atoms with Crippen LogP contribution in [0.2, 0.25) is 5.15 Å². The predicted molar refractivity (Wildman–Crippen MR) is 116 cm³/mol. The maximum absolute atomic E-state index is 12.2. The molecule has 3 rings (SSSR count). The summed E-state index contributed by atoms with van der Waals surface area (Å²) >= 11 is 6.49. The molecule has 3 aromatic rings. The number of halogens is 1. The number of benzene rings is 2. The molecule has 0 aliphatic heterocycles. The Morgan fingerprint density at radius 2 is 1.79 bits per heavy atom. The van der Waals surface area contributed by atoms with Crippen molar-refractivity contribution in [3.8, 4) is 6.07 Å². The summed E-state index contributed by atoms with van der Waals surface area (Å²) in [4.78, 5) is 12.2. The summed E-state index contributed by atoms with van der Waals surface area (Å²) in [5.41, 5.74) is 5.35. The van der Waals surface area contributed by atoms with Gasteiger partial charge in [-0.15, -0.1) is 0 Å². The highest BCUT2D eigenvalue weighted by molar-refractivity contribution is 6.31. The van der Waals surface area contributed by atoms with Crippen molar-refractivity contribution < 1.29 is 4.79 Å². The highest BCUT2D eigenvalue weighted by atomic mass is 35.5. The lowest BCUT2D eigenvalue weighted by Crippen LogP contribution is -2.07. The summed E-state index contributed by atoms with van der Waals surface area (Å²) < 4.78 is 1.73. The van der Waals surface area contributed by atoms with Gasteiger partial charge in [-0.1, -0.05) is 53.6 Å². The van der Waals surface area contributed by atoms with Gasteiger partial charge < -0.3 is 5.32 Å². The lowest BCUT2D eigenvalue weighted by molar-refractivity contribution is -0.111. The van der Waals surface area contributed by atoms with Gasteiger partial charge in [0.1, 0.15) is 5.15 Å². The van der Waals surface area contributed by atoms with E-state index in [4.69, 9.17) is 16.9 Å². The average Bonchev–Trinajstić information content (AvgIpc) is 2.96. The molecule has 0 fully saturated rings. The fraction of sp³-hybridized carbons (Fsp3) is 0.174. The van der Waals surface area contributed by atoms with Crippen LogP contribution in [0.25, 0.3) is 6.08 Å². The first-order valence-electron chi connectivity index (χ1n) is 9.19. The zero-order valence-electron chi connectivity index (χ0n) is 16.3. The number of carbonyl (C=O) groups is 1. The van der Waals surface area contributed by atoms with Gasteiger partial charge in [-0.25, -0.2) is 4.68 Å². The Bertz CT molecular complexity index is 1070. The molecule has 1 heterocycles. The van der Waals surface area contributed by atoms with E-state index in [1.807, 2.05) is 38.1 Å². The van der Waals surface area contributed by atoms with Crippen LogP contribution in [0.5, 0.6) is 0 Å². The van der Waals surface area contributed by atoms with Gasteiger partial charge in [0.25, 0.3) is 0 Å². The molecule has 146 valence electrons. The Morgan fingerprint density at radius 1 is 1.14 bits per heavy atom. The predicted octanol–water partition coefficient (Wildman–Crippen LogP) is 4.92. The molecule has 0 bridgehead atoms. The minimum atomic E-state index is -0.264. The smallest absolute Gasteiger partial charge is 0.248 e. The topological polar surface area (TPSA) is 70.7 Å². The first-order valence-corrected chi connectivity index (χ1v) is 9.57. The van der Waals surface area contributed by atoms with Crippen LogP contribution in [0.3, 0.4) is 0 Å². The molecule has 0 aliphatic rings. The summed E-state index contributed by atoms with van der Waals surface area (Å²) in [7, 11) is 0. The van der Waals surface area contributed by atoms with Crippen molar-refractivity contribution in [1.82, 2.24) is 9.78 Å². The summed E-state index contributed by atoms with van der Waals surface area (Å²) in [5, 5.41) is 16.5. The number of aryl methyl sites for hydroxylation is 2. The van der Waals surface area contributed by atoms with Gasteiger partial charge in [0.05, 0.1) is 24.7 Å². The molecular formula is C23H21ClN4O. The largest absolute Gasteiger partial charge is 0.323 e. The molecule has 0 aliphatic carbocycles. The van der Waals surface area contributed by atoms with Crippen LogP contribution in [0.1, 0.15) is 27.9 Å². The number of hydrogen-bond donors (Lipinski definition) is 1. The van der Waals surface area contributed by atoms with Crippen molar-refractivity contribution in [2.45, 2.75) is 26.8 Å². The Labute approximate surface area is 175 Å². The molecule has 5 nitrogen and oxygen atoms in total. The number of anilines is 1. The maximum Gasteiger partial charge on any atom is 0.248 e. The van der Waals surface area contributed by atoms with Crippen molar-refractivity contribution in [2.75, 3.05) is 5.32 Å². The van der Waals surface area contributed by atoms with Gasteiger partial charge in [0.15, 0.2) is 0 Å². The normalized spacial score (nSPS) is 10.8. The van der Waals surface area contributed by atoms with Gasteiger partial charge in [-0.05, 0) is 43.2 Å². The van der Waals surface area contributed by atoms with Crippen molar-refractivity contribution in [2.24, 2.45) is 0 Å². The number of nitrogens with one attached hydrogen (secondary N) is 1. The van der Waals surface area contributed by atoms with Crippen LogP contribution in [-0.4, -0.2) is 15.7 Å². The van der Waals surface area contributed by atoms with E-state index >= 15 is 0 Å². The Morgan fingerprint density at radius 3 is 2.45 bits per heavy atom. The van der Waals surface area contributed by atoms with E-state index in [1.54, 1.807) is 22.9 Å². The molecule has 1 amide bonds. The fourth-order valence-electron chi connectivity index (χ4n) is 2.87. The van der Waals surface area contributed by atoms with Crippen molar-refractivity contribution in [1.29, 1.82) is 5.26 Å². The molecule has 1 aromatic heterocycles. The van der Waals surface area contributed by atoms with Crippen LogP contribution in [0.4, 0.5) is 5.69 Å². The van der Waals surface area contributed by atoms with Gasteiger partial charge >= 0.3 is 0 Å². The second kappa shape index (κ2) is 9.22. The van der Waals surface area contributed by atoms with E-state index < -0.39 is 0 Å². The van der Waals surface area contributed by atoms with Crippen molar-refractivity contribution in [3.63, 3.8) is 0 Å². The summed E-state index contributed by atoms with van der Waals surface area (Å²) in [6, 6.07) is 17.5. The quantitative estimate of drug-likeness (QED) is 0.593. The van der Waals surface area contributed by atoms with Gasteiger partial charge in [-0.2, -0.15) is 10.4 Å². The minimum absolute atomic E-state index is 0.264. The van der Waals surface area contributed by atoms with Crippen molar-refractivity contribution in [3.05, 3.63) is 87.7 Å². The number of nitriles is 1. The van der Waals surface area contributed by atoms with Crippen LogP contribution in [-0.2, 0) is 17.8 Å². The molecule has 29 heavy (non-hydrogen) atoms. The minimum Gasteiger partial charge on any atom is -0.323 e. The highest BCUT2D eigenvalue weighted by Crippen LogP contribution is 2.22. The SMILES string of the molecule is Cc1ccc(Cn2nc(C)c(/C=C\C(=O)Nc3ccc(CC#N)cc3)c2Cl)cc1. The number of nitrogens with zero attached hydrogens (tertiary/aromatic N) is 3. The van der Waals surface area contributed by atoms with E-state index in [0.29, 0.717) is 23.8 Å². The molecule has 0 atom stereocenters. The summed E-state index contributed by atoms with van der Waals surface area (Å²) in [6.07, 6.45) is 3.46. The fourth-order valence-corrected chi connectivity index (χ4v) is 3.17. The van der Waals surface area contributed by atoms with Crippen molar-refractivity contribution >= 4 is 29.3 Å². The van der Waals surface area contributed by atoms with E-state index in [2.05, 4.69) is 28.6 Å². The van der Waals surface area contributed by atoms with E-state index in [1.165, 1.54) is 11.6 Å². The van der Waals surface area contributed by atoms with Crippen LogP contribution >= 0.6 is 11.6 Å². The van der Waals surface area contributed by atoms with E-state index in [-0.39, 0.29) is 5.91 Å². The molecule has 0 unspecified atom stereocenters. The summed E-state index contributed by atoms with van der Waals surface area (Å²) in [5.74, 6) is -0.264. The van der Waals surface area contributed by atoms with Gasteiger partial charge in [0, 0.05) is 17.3 Å². The maximum atomic E-state index is 12.2. The molecule has 0 saturated carbocycles. The molecule has 2 aromatic carbocycles. The third kappa shape index (κ3) is 5.34. The zero-order valence-corrected chi connectivity index (χ0v) is 17.1.